The molecule has 1 aliphatic heterocycles. The van der Waals surface area contributed by atoms with E-state index in [2.05, 4.69) is 15.0 Å². The SMILES string of the molecule is CCOC(=O)C1=C(C)N=c2s/c(=C/c3ccc(Sc4nc(C)cc(=O)[nH]4)o3)c(=O)n2C1c1ccc(F)cc1. The predicted octanol–water partition coefficient (Wildman–Crippen LogP) is 3.07. The van der Waals surface area contributed by atoms with Crippen LogP contribution < -0.4 is 20.5 Å². The fourth-order valence-electron chi connectivity index (χ4n) is 4.04. The van der Waals surface area contributed by atoms with Gasteiger partial charge in [-0.15, -0.1) is 0 Å². The normalized spacial score (nSPS) is 15.4. The fourth-order valence-corrected chi connectivity index (χ4v) is 5.88. The quantitative estimate of drug-likeness (QED) is 0.288. The number of aromatic nitrogens is 3. The number of halogens is 1. The van der Waals surface area contributed by atoms with Crippen LogP contribution in [0.2, 0.25) is 0 Å². The van der Waals surface area contributed by atoms with Gasteiger partial charge in [-0.05, 0) is 62.4 Å². The van der Waals surface area contributed by atoms with Crippen molar-refractivity contribution in [2.75, 3.05) is 6.61 Å². The smallest absolute Gasteiger partial charge is 0.338 e. The van der Waals surface area contributed by atoms with Gasteiger partial charge in [0, 0.05) is 17.8 Å². The molecule has 1 atom stereocenters. The second-order valence-corrected chi connectivity index (χ2v) is 10.3. The third-order valence-electron chi connectivity index (χ3n) is 5.62. The van der Waals surface area contributed by atoms with E-state index in [1.165, 1.54) is 34.9 Å². The van der Waals surface area contributed by atoms with E-state index in [-0.39, 0.29) is 23.3 Å². The molecule has 0 fully saturated rings. The number of carbonyl (C=O) groups excluding carboxylic acids is 1. The van der Waals surface area contributed by atoms with Crippen molar-refractivity contribution in [2.24, 2.45) is 4.99 Å². The van der Waals surface area contributed by atoms with Gasteiger partial charge >= 0.3 is 5.97 Å². The highest BCUT2D eigenvalue weighted by Gasteiger charge is 2.33. The third kappa shape index (κ3) is 5.04. The molecule has 3 aromatic heterocycles. The lowest BCUT2D eigenvalue weighted by molar-refractivity contribution is -0.139. The lowest BCUT2D eigenvalue weighted by Crippen LogP contribution is -2.39. The Morgan fingerprint density at radius 2 is 2.00 bits per heavy atom. The number of hydrogen-bond donors (Lipinski definition) is 1. The summed E-state index contributed by atoms with van der Waals surface area (Å²) >= 11 is 2.29. The van der Waals surface area contributed by atoms with Crippen molar-refractivity contribution >= 4 is 35.1 Å². The van der Waals surface area contributed by atoms with Crippen molar-refractivity contribution in [3.63, 3.8) is 0 Å². The minimum absolute atomic E-state index is 0.154. The Morgan fingerprint density at radius 1 is 1.24 bits per heavy atom. The van der Waals surface area contributed by atoms with Crippen molar-refractivity contribution in [3.05, 3.63) is 107 Å². The van der Waals surface area contributed by atoms with Crippen molar-refractivity contribution in [1.82, 2.24) is 14.5 Å². The van der Waals surface area contributed by atoms with Crippen LogP contribution in [-0.4, -0.2) is 27.1 Å². The molecule has 1 aliphatic rings. The highest BCUT2D eigenvalue weighted by atomic mass is 32.2. The number of aryl methyl sites for hydroxylation is 1. The van der Waals surface area contributed by atoms with Gasteiger partial charge in [0.25, 0.3) is 11.1 Å². The largest absolute Gasteiger partial charge is 0.463 e. The minimum Gasteiger partial charge on any atom is -0.463 e. The van der Waals surface area contributed by atoms with Crippen molar-refractivity contribution in [2.45, 2.75) is 37.1 Å². The van der Waals surface area contributed by atoms with Crippen molar-refractivity contribution < 1.29 is 18.3 Å². The van der Waals surface area contributed by atoms with Crippen LogP contribution in [0.4, 0.5) is 4.39 Å². The molecule has 1 N–H and O–H groups in total. The Hall–Kier alpha value is -4.03. The van der Waals surface area contributed by atoms with E-state index in [1.54, 1.807) is 39.0 Å². The number of nitrogens with zero attached hydrogens (tertiary/aromatic N) is 3. The van der Waals surface area contributed by atoms with Crippen LogP contribution in [-0.2, 0) is 9.53 Å². The summed E-state index contributed by atoms with van der Waals surface area (Å²) in [5.74, 6) is -0.615. The number of carbonyl (C=O) groups is 1. The van der Waals surface area contributed by atoms with Gasteiger partial charge in [0.15, 0.2) is 15.1 Å². The molecule has 194 valence electrons. The van der Waals surface area contributed by atoms with E-state index < -0.39 is 17.8 Å². The van der Waals surface area contributed by atoms with Crippen molar-refractivity contribution in [3.8, 4) is 0 Å². The Kier molecular flexibility index (Phi) is 7.00. The van der Waals surface area contributed by atoms with Gasteiger partial charge in [0.1, 0.15) is 11.6 Å². The molecule has 4 heterocycles. The lowest BCUT2D eigenvalue weighted by Gasteiger charge is -2.24. The number of hydrogen-bond acceptors (Lipinski definition) is 9. The molecule has 9 nitrogen and oxygen atoms in total. The van der Waals surface area contributed by atoms with E-state index in [0.29, 0.717) is 42.3 Å². The van der Waals surface area contributed by atoms with E-state index in [4.69, 9.17) is 9.15 Å². The Morgan fingerprint density at radius 3 is 2.71 bits per heavy atom. The zero-order valence-corrected chi connectivity index (χ0v) is 22.1. The van der Waals surface area contributed by atoms with Crippen LogP contribution in [0, 0.1) is 12.7 Å². The molecule has 12 heteroatoms. The molecule has 4 aromatic rings. The monoisotopic (exact) mass is 552 g/mol. The predicted molar refractivity (Wildman–Crippen MR) is 139 cm³/mol. The standard InChI is InChI=1S/C26H21FN4O5S2/c1-4-35-24(34)21-14(3)29-26-31(22(21)15-5-7-16(27)8-6-15)23(33)18(37-26)12-17-9-10-20(36-17)38-25-28-13(2)11-19(32)30-25/h5-12,22H,4H2,1-3H3,(H,28,30,32)/b18-12+. The lowest BCUT2D eigenvalue weighted by atomic mass is 9.96. The summed E-state index contributed by atoms with van der Waals surface area (Å²) < 4.78 is 26.5. The van der Waals surface area contributed by atoms with Crippen LogP contribution in [0.1, 0.15) is 36.9 Å². The number of esters is 1. The first-order valence-corrected chi connectivity index (χ1v) is 13.2. The van der Waals surface area contributed by atoms with Gasteiger partial charge in [-0.2, -0.15) is 0 Å². The fraction of sp³-hybridized carbons (Fsp3) is 0.192. The van der Waals surface area contributed by atoms with Crippen LogP contribution in [0.3, 0.4) is 0 Å². The number of benzene rings is 1. The molecule has 0 aliphatic carbocycles. The Labute approximate surface area is 223 Å². The van der Waals surface area contributed by atoms with Gasteiger partial charge in [-0.1, -0.05) is 23.5 Å². The summed E-state index contributed by atoms with van der Waals surface area (Å²) in [7, 11) is 0. The topological polar surface area (TPSA) is 120 Å². The maximum atomic E-state index is 13.7. The highest BCUT2D eigenvalue weighted by molar-refractivity contribution is 7.99. The zero-order chi connectivity index (χ0) is 27.0. The van der Waals surface area contributed by atoms with E-state index in [0.717, 1.165) is 23.1 Å². The number of H-pyrrole nitrogens is 1. The molecule has 5 rings (SSSR count). The molecular formula is C26H21FN4O5S2. The molecular weight excluding hydrogens is 531 g/mol. The maximum absolute atomic E-state index is 13.7. The molecule has 0 radical (unpaired) electrons. The average Bonchev–Trinajstić information content (AvgIpc) is 3.41. The van der Waals surface area contributed by atoms with Gasteiger partial charge < -0.3 is 14.1 Å². The molecule has 1 unspecified atom stereocenters. The summed E-state index contributed by atoms with van der Waals surface area (Å²) in [6, 6.07) is 9.60. The van der Waals surface area contributed by atoms with E-state index >= 15 is 0 Å². The maximum Gasteiger partial charge on any atom is 0.338 e. The van der Waals surface area contributed by atoms with Crippen LogP contribution in [0.15, 0.2) is 83.0 Å². The van der Waals surface area contributed by atoms with Gasteiger partial charge in [-0.25, -0.2) is 19.2 Å². The summed E-state index contributed by atoms with van der Waals surface area (Å²) in [5.41, 5.74) is 1.12. The third-order valence-corrected chi connectivity index (χ3v) is 7.41. The molecule has 38 heavy (non-hydrogen) atoms. The number of furan rings is 1. The summed E-state index contributed by atoms with van der Waals surface area (Å²) in [6.45, 7) is 5.25. The number of thiazole rings is 1. The number of allylic oxidation sites excluding steroid dienone is 1. The first-order chi connectivity index (χ1) is 18.2. The molecule has 1 aromatic carbocycles. The molecule has 0 amide bonds. The molecule has 0 saturated heterocycles. The Balaban J connectivity index is 1.57. The van der Waals surface area contributed by atoms with Gasteiger partial charge in [0.2, 0.25) is 0 Å². The summed E-state index contributed by atoms with van der Waals surface area (Å²) in [4.78, 5) is 50.0. The summed E-state index contributed by atoms with van der Waals surface area (Å²) in [5, 5.41) is 0.860. The number of fused-ring (bicyclic) bond motifs is 1. The zero-order valence-electron chi connectivity index (χ0n) is 20.5. The first-order valence-electron chi connectivity index (χ1n) is 11.5. The molecule has 0 spiro atoms. The van der Waals surface area contributed by atoms with Gasteiger partial charge in [0.05, 0.1) is 28.5 Å². The number of rotatable bonds is 6. The number of aromatic amines is 1. The summed E-state index contributed by atoms with van der Waals surface area (Å²) in [6.07, 6.45) is 1.59. The second-order valence-electron chi connectivity index (χ2n) is 8.30. The minimum atomic E-state index is -0.833. The van der Waals surface area contributed by atoms with E-state index in [1.807, 2.05) is 0 Å². The number of ether oxygens (including phenoxy) is 1. The van der Waals surface area contributed by atoms with Crippen LogP contribution in [0.5, 0.6) is 0 Å². The number of nitrogens with one attached hydrogen (secondary N) is 1. The van der Waals surface area contributed by atoms with Crippen LogP contribution in [0.25, 0.3) is 6.08 Å². The molecule has 0 saturated carbocycles. The molecule has 0 bridgehead atoms. The highest BCUT2D eigenvalue weighted by Crippen LogP contribution is 2.31. The van der Waals surface area contributed by atoms with E-state index in [9.17, 15) is 18.8 Å². The second kappa shape index (κ2) is 10.4. The van der Waals surface area contributed by atoms with Gasteiger partial charge in [-0.3, -0.25) is 14.2 Å². The average molecular weight is 553 g/mol. The first kappa shape index (κ1) is 25.6. The van der Waals surface area contributed by atoms with Crippen molar-refractivity contribution in [1.29, 1.82) is 0 Å². The Bertz CT molecular complexity index is 1820. The van der Waals surface area contributed by atoms with Crippen LogP contribution >= 0.6 is 23.1 Å².